The van der Waals surface area contributed by atoms with Crippen LogP contribution in [0.4, 0.5) is 0 Å². The molecule has 1 heterocycles. The van der Waals surface area contributed by atoms with Crippen LogP contribution < -0.4 is 0 Å². The van der Waals surface area contributed by atoms with Crippen LogP contribution in [0.3, 0.4) is 0 Å². The number of fused-ring (bicyclic) bond motifs is 5. The van der Waals surface area contributed by atoms with Gasteiger partial charge in [-0.1, -0.05) is 50.0 Å². The molecule has 37 heavy (non-hydrogen) atoms. The van der Waals surface area contributed by atoms with E-state index in [1.807, 2.05) is 13.0 Å². The topological polar surface area (TPSA) is 126 Å². The van der Waals surface area contributed by atoms with Gasteiger partial charge in [-0.2, -0.15) is 0 Å². The summed E-state index contributed by atoms with van der Waals surface area (Å²) in [5.41, 5.74) is -2.09. The molecule has 8 heteroatoms. The van der Waals surface area contributed by atoms with Crippen molar-refractivity contribution in [1.29, 1.82) is 0 Å². The third-order valence-corrected chi connectivity index (χ3v) is 11.1. The van der Waals surface area contributed by atoms with E-state index in [-0.39, 0.29) is 41.3 Å². The Labute approximate surface area is 217 Å². The quantitative estimate of drug-likeness (QED) is 0.570. The van der Waals surface area contributed by atoms with E-state index in [9.17, 15) is 24.9 Å². The third kappa shape index (κ3) is 3.58. The molecule has 6 rings (SSSR count). The highest BCUT2D eigenvalue weighted by atomic mass is 16.3. The first-order valence-electron chi connectivity index (χ1n) is 14.0. The van der Waals surface area contributed by atoms with Gasteiger partial charge in [-0.25, -0.2) is 4.68 Å². The Morgan fingerprint density at radius 2 is 1.89 bits per heavy atom. The number of rotatable bonds is 4. The lowest BCUT2D eigenvalue weighted by Crippen LogP contribution is -2.61. The van der Waals surface area contributed by atoms with Gasteiger partial charge < -0.3 is 15.3 Å². The van der Waals surface area contributed by atoms with Crippen LogP contribution >= 0.6 is 0 Å². The number of ketones is 2. The van der Waals surface area contributed by atoms with Crippen molar-refractivity contribution in [2.45, 2.75) is 102 Å². The normalized spacial score (nSPS) is 42.5. The van der Waals surface area contributed by atoms with Crippen molar-refractivity contribution in [2.24, 2.45) is 28.6 Å². The summed E-state index contributed by atoms with van der Waals surface area (Å²) >= 11 is 0. The number of aliphatic hydroxyl groups excluding tert-OH is 1. The fourth-order valence-corrected chi connectivity index (χ4v) is 9.05. The van der Waals surface area contributed by atoms with E-state index >= 15 is 0 Å². The van der Waals surface area contributed by atoms with Crippen molar-refractivity contribution in [3.05, 3.63) is 35.7 Å². The molecule has 0 amide bonds. The van der Waals surface area contributed by atoms with Crippen LogP contribution in [0.1, 0.15) is 83.7 Å². The second kappa shape index (κ2) is 8.42. The molecule has 8 nitrogen and oxygen atoms in total. The highest BCUT2D eigenvalue weighted by molar-refractivity contribution is 6.01. The fraction of sp³-hybridized carbons (Fsp3) is 0.724. The van der Waals surface area contributed by atoms with E-state index in [1.165, 1.54) is 4.68 Å². The van der Waals surface area contributed by atoms with E-state index in [0.717, 1.165) is 44.1 Å². The molecule has 4 fully saturated rings. The van der Waals surface area contributed by atoms with Gasteiger partial charge in [0, 0.05) is 16.7 Å². The number of hydrogen-bond donors (Lipinski definition) is 3. The predicted octanol–water partition coefficient (Wildman–Crippen LogP) is 3.01. The number of hydrogen-bond acceptors (Lipinski definition) is 7. The van der Waals surface area contributed by atoms with Crippen molar-refractivity contribution in [3.63, 3.8) is 0 Å². The van der Waals surface area contributed by atoms with Gasteiger partial charge in [-0.05, 0) is 68.9 Å². The summed E-state index contributed by atoms with van der Waals surface area (Å²) in [6.07, 6.45) is 13.6. The molecule has 0 spiro atoms. The Balaban J connectivity index is 1.24. The van der Waals surface area contributed by atoms with Crippen LogP contribution in [0, 0.1) is 28.6 Å². The molecule has 1 aromatic rings. The van der Waals surface area contributed by atoms with Gasteiger partial charge >= 0.3 is 0 Å². The highest BCUT2D eigenvalue weighted by Crippen LogP contribution is 2.67. The summed E-state index contributed by atoms with van der Waals surface area (Å²) in [5.74, 6) is -0.0705. The van der Waals surface area contributed by atoms with Gasteiger partial charge in [0.1, 0.15) is 23.4 Å². The Morgan fingerprint density at radius 1 is 1.14 bits per heavy atom. The van der Waals surface area contributed by atoms with Crippen molar-refractivity contribution in [2.75, 3.05) is 0 Å². The van der Waals surface area contributed by atoms with Crippen molar-refractivity contribution >= 4 is 11.6 Å². The number of aliphatic hydroxyl groups is 3. The number of Topliss-reactive ketones (excluding diaryl/α,β-unsaturated/α-hetero) is 1. The Kier molecular flexibility index (Phi) is 5.72. The molecule has 5 aliphatic carbocycles. The lowest BCUT2D eigenvalue weighted by atomic mass is 9.46. The average Bonchev–Trinajstić information content (AvgIpc) is 3.43. The maximum atomic E-state index is 13.7. The van der Waals surface area contributed by atoms with E-state index in [4.69, 9.17) is 0 Å². The zero-order chi connectivity index (χ0) is 26.2. The summed E-state index contributed by atoms with van der Waals surface area (Å²) in [5, 5.41) is 42.8. The van der Waals surface area contributed by atoms with E-state index in [2.05, 4.69) is 17.2 Å². The van der Waals surface area contributed by atoms with Gasteiger partial charge in [0.25, 0.3) is 0 Å². The molecule has 5 unspecified atom stereocenters. The predicted molar refractivity (Wildman–Crippen MR) is 135 cm³/mol. The summed E-state index contributed by atoms with van der Waals surface area (Å²) in [6, 6.07) is 0. The minimum Gasteiger partial charge on any atom is -0.393 e. The minimum absolute atomic E-state index is 0.00812. The molecule has 1 aromatic heterocycles. The first-order valence-corrected chi connectivity index (χ1v) is 14.0. The molecule has 0 bridgehead atoms. The number of aromatic nitrogens is 3. The van der Waals surface area contributed by atoms with Crippen molar-refractivity contribution in [3.8, 4) is 0 Å². The second-order valence-corrected chi connectivity index (χ2v) is 12.9. The first-order chi connectivity index (χ1) is 17.5. The van der Waals surface area contributed by atoms with E-state index < -0.39 is 22.7 Å². The SMILES string of the molecule is CC12C=CC(=O)C=C1CCC1C2[C@@H](O)CC2(C)C1CC[C@]2(O)C(=O)Cn1cc(C2(O)CCCCC2)nn1. The number of carbonyl (C=O) groups excluding carboxylic acids is 2. The van der Waals surface area contributed by atoms with Crippen LogP contribution in [-0.4, -0.2) is 53.6 Å². The summed E-state index contributed by atoms with van der Waals surface area (Å²) in [7, 11) is 0. The molecule has 7 atom stereocenters. The van der Waals surface area contributed by atoms with Gasteiger partial charge in [-0.15, -0.1) is 5.10 Å². The summed E-state index contributed by atoms with van der Waals surface area (Å²) in [6.45, 7) is 3.99. The standard InChI is InChI=1S/C29H39N3O5/c1-26-12-8-19(33)14-18(26)6-7-20-21-9-13-29(37,27(21,2)15-22(34)25(20)26)24(35)17-32-16-23(30-31-32)28(36)10-4-3-5-11-28/h8,12,14,16,20-22,25,34,36-37H,3-7,9-11,13,15,17H2,1-2H3/t20?,21?,22-,25?,26?,27?,29-/m0/s1. The number of nitrogens with zero attached hydrogens (tertiary/aromatic N) is 3. The molecule has 0 saturated heterocycles. The van der Waals surface area contributed by atoms with Crippen molar-refractivity contribution in [1.82, 2.24) is 15.0 Å². The zero-order valence-electron chi connectivity index (χ0n) is 21.9. The molecule has 4 saturated carbocycles. The van der Waals surface area contributed by atoms with E-state index in [1.54, 1.807) is 18.3 Å². The lowest BCUT2D eigenvalue weighted by Gasteiger charge is -2.59. The average molecular weight is 510 g/mol. The maximum Gasteiger partial charge on any atom is 0.186 e. The van der Waals surface area contributed by atoms with Gasteiger partial charge in [-0.3, -0.25) is 9.59 Å². The van der Waals surface area contributed by atoms with Crippen LogP contribution in [-0.2, 0) is 21.7 Å². The Morgan fingerprint density at radius 3 is 2.65 bits per heavy atom. The monoisotopic (exact) mass is 509 g/mol. The molecule has 0 aromatic carbocycles. The molecule has 0 aliphatic heterocycles. The van der Waals surface area contributed by atoms with Crippen molar-refractivity contribution < 1.29 is 24.9 Å². The van der Waals surface area contributed by atoms with Gasteiger partial charge in [0.05, 0.1) is 12.3 Å². The summed E-state index contributed by atoms with van der Waals surface area (Å²) < 4.78 is 1.45. The molecule has 5 aliphatic rings. The van der Waals surface area contributed by atoms with Crippen LogP contribution in [0.5, 0.6) is 0 Å². The third-order valence-electron chi connectivity index (χ3n) is 11.1. The van der Waals surface area contributed by atoms with E-state index in [0.29, 0.717) is 31.4 Å². The lowest BCUT2D eigenvalue weighted by molar-refractivity contribution is -0.177. The Hall–Kier alpha value is -2.16. The molecule has 200 valence electrons. The molecule has 0 radical (unpaired) electrons. The largest absolute Gasteiger partial charge is 0.393 e. The molecular weight excluding hydrogens is 470 g/mol. The zero-order valence-corrected chi connectivity index (χ0v) is 21.9. The molecule has 3 N–H and O–H groups in total. The van der Waals surface area contributed by atoms with Crippen LogP contribution in [0.2, 0.25) is 0 Å². The highest BCUT2D eigenvalue weighted by Gasteiger charge is 2.68. The first kappa shape index (κ1) is 25.1. The fourth-order valence-electron chi connectivity index (χ4n) is 9.05. The maximum absolute atomic E-state index is 13.7. The van der Waals surface area contributed by atoms with Crippen LogP contribution in [0.15, 0.2) is 30.0 Å². The molecular formula is C29H39N3O5. The number of allylic oxidation sites excluding steroid dienone is 4. The van der Waals surface area contributed by atoms with Crippen LogP contribution in [0.25, 0.3) is 0 Å². The number of carbonyl (C=O) groups is 2. The van der Waals surface area contributed by atoms with Gasteiger partial charge in [0.15, 0.2) is 11.6 Å². The smallest absolute Gasteiger partial charge is 0.186 e. The Bertz CT molecular complexity index is 1180. The van der Waals surface area contributed by atoms with Gasteiger partial charge in [0.2, 0.25) is 0 Å². The minimum atomic E-state index is -1.56. The second-order valence-electron chi connectivity index (χ2n) is 12.9. The summed E-state index contributed by atoms with van der Waals surface area (Å²) in [4.78, 5) is 25.7.